The summed E-state index contributed by atoms with van der Waals surface area (Å²) in [4.78, 5) is 17.7. The molecule has 2 aromatic carbocycles. The Labute approximate surface area is 244 Å². The summed E-state index contributed by atoms with van der Waals surface area (Å²) in [5, 5.41) is 9.91. The number of rotatable bonds is 10. The zero-order valence-corrected chi connectivity index (χ0v) is 25.5. The van der Waals surface area contributed by atoms with Gasteiger partial charge in [0.25, 0.3) is 10.0 Å². The summed E-state index contributed by atoms with van der Waals surface area (Å²) in [6.45, 7) is 5.98. The summed E-state index contributed by atoms with van der Waals surface area (Å²) in [7, 11) is -0.206. The first-order valence-electron chi connectivity index (χ1n) is 14.6. The number of aliphatic hydroxyl groups is 1. The molecule has 2 aromatic rings. The molecule has 2 N–H and O–H groups in total. The number of aliphatic hydroxyl groups excluding tert-OH is 1. The maximum absolute atomic E-state index is 13.5. The van der Waals surface area contributed by atoms with Crippen LogP contribution in [0.4, 0.5) is 5.69 Å². The van der Waals surface area contributed by atoms with Crippen molar-refractivity contribution < 1.29 is 27.8 Å². The molecule has 10 heteroatoms. The maximum Gasteiger partial charge on any atom is 0.261 e. The second-order valence-electron chi connectivity index (χ2n) is 11.7. The van der Waals surface area contributed by atoms with E-state index >= 15 is 0 Å². The molecule has 226 valence electrons. The molecular formula is C31H45N3O6S. The van der Waals surface area contributed by atoms with Crippen LogP contribution in [-0.2, 0) is 21.2 Å². The SMILES string of the molecule is COc1ccc(S(=O)(=O)Nc2ccc3c(c2)CC(=O)N([C@H](C)CO)C[C@@H](C)[C@@H](CN(C)CC2CCCCC2)O3)cc1. The number of carbonyl (C=O) groups excluding carboxylic acids is 1. The van der Waals surface area contributed by atoms with Gasteiger partial charge in [-0.3, -0.25) is 9.52 Å². The van der Waals surface area contributed by atoms with Crippen LogP contribution in [0.2, 0.25) is 0 Å². The number of amides is 1. The summed E-state index contributed by atoms with van der Waals surface area (Å²) < 4.78 is 40.5. The molecule has 3 atom stereocenters. The number of benzene rings is 2. The molecule has 2 aliphatic rings. The third-order valence-corrected chi connectivity index (χ3v) is 9.72. The molecule has 1 aliphatic heterocycles. The number of carbonyl (C=O) groups is 1. The molecule has 1 heterocycles. The normalized spacial score (nSPS) is 21.3. The molecule has 0 radical (unpaired) electrons. The van der Waals surface area contributed by atoms with E-state index in [2.05, 4.69) is 23.6 Å². The van der Waals surface area contributed by atoms with E-state index in [-0.39, 0.29) is 41.9 Å². The largest absolute Gasteiger partial charge is 0.497 e. The smallest absolute Gasteiger partial charge is 0.261 e. The monoisotopic (exact) mass is 587 g/mol. The third kappa shape index (κ3) is 8.14. The Kier molecular flexibility index (Phi) is 10.5. The number of likely N-dealkylation sites (N-methyl/N-ethyl adjacent to an activating group) is 1. The van der Waals surface area contributed by atoms with Gasteiger partial charge >= 0.3 is 0 Å². The van der Waals surface area contributed by atoms with Gasteiger partial charge in [0.05, 0.1) is 31.1 Å². The van der Waals surface area contributed by atoms with Gasteiger partial charge in [-0.2, -0.15) is 0 Å². The Hall–Kier alpha value is -2.82. The number of nitrogens with one attached hydrogen (secondary N) is 1. The van der Waals surface area contributed by atoms with E-state index in [0.29, 0.717) is 41.8 Å². The van der Waals surface area contributed by atoms with Gasteiger partial charge < -0.3 is 24.4 Å². The topological polar surface area (TPSA) is 108 Å². The first-order chi connectivity index (χ1) is 19.6. The Morgan fingerprint density at radius 1 is 1.12 bits per heavy atom. The maximum atomic E-state index is 13.5. The summed E-state index contributed by atoms with van der Waals surface area (Å²) in [6.07, 6.45) is 6.29. The van der Waals surface area contributed by atoms with E-state index < -0.39 is 10.0 Å². The standard InChI is InChI=1S/C31H45N3O6S/c1-22-18-34(23(2)21-35)31(36)17-25-16-26(32-41(37,38)28-13-11-27(39-4)12-14-28)10-15-29(25)40-30(22)20-33(3)19-24-8-6-5-7-9-24/h10-16,22-24,30,32,35H,5-9,17-21H2,1-4H3/t22-,23-,30-/m1/s1. The van der Waals surface area contributed by atoms with Crippen LogP contribution in [0, 0.1) is 11.8 Å². The van der Waals surface area contributed by atoms with Gasteiger partial charge in [-0.1, -0.05) is 26.2 Å². The number of fused-ring (bicyclic) bond motifs is 1. The minimum absolute atomic E-state index is 0.0148. The van der Waals surface area contributed by atoms with Crippen LogP contribution in [0.3, 0.4) is 0 Å². The number of nitrogens with zero attached hydrogens (tertiary/aromatic N) is 2. The molecule has 0 aromatic heterocycles. The van der Waals surface area contributed by atoms with Crippen LogP contribution in [0.5, 0.6) is 11.5 Å². The average molecular weight is 588 g/mol. The predicted octanol–water partition coefficient (Wildman–Crippen LogP) is 4.16. The van der Waals surface area contributed by atoms with Gasteiger partial charge in [0.2, 0.25) is 5.91 Å². The molecule has 1 fully saturated rings. The number of hydrogen-bond donors (Lipinski definition) is 2. The molecule has 1 amide bonds. The van der Waals surface area contributed by atoms with Gasteiger partial charge in [-0.25, -0.2) is 8.42 Å². The fraction of sp³-hybridized carbons (Fsp3) is 0.581. The van der Waals surface area contributed by atoms with Crippen molar-refractivity contribution in [2.45, 2.75) is 69.4 Å². The first-order valence-corrected chi connectivity index (χ1v) is 16.1. The second-order valence-corrected chi connectivity index (χ2v) is 13.4. The van der Waals surface area contributed by atoms with Crippen molar-refractivity contribution in [1.29, 1.82) is 0 Å². The van der Waals surface area contributed by atoms with Crippen LogP contribution >= 0.6 is 0 Å². The molecule has 0 unspecified atom stereocenters. The van der Waals surface area contributed by atoms with Crippen LogP contribution < -0.4 is 14.2 Å². The fourth-order valence-corrected chi connectivity index (χ4v) is 6.92. The van der Waals surface area contributed by atoms with E-state index in [4.69, 9.17) is 9.47 Å². The molecule has 0 spiro atoms. The van der Waals surface area contributed by atoms with E-state index in [9.17, 15) is 18.3 Å². The minimum Gasteiger partial charge on any atom is -0.497 e. The quantitative estimate of drug-likeness (QED) is 0.430. The Morgan fingerprint density at radius 2 is 1.83 bits per heavy atom. The lowest BCUT2D eigenvalue weighted by Gasteiger charge is -2.35. The van der Waals surface area contributed by atoms with Crippen LogP contribution in [0.25, 0.3) is 0 Å². The molecule has 0 bridgehead atoms. The molecule has 0 saturated heterocycles. The van der Waals surface area contributed by atoms with Gasteiger partial charge in [0, 0.05) is 36.8 Å². The van der Waals surface area contributed by atoms with Crippen LogP contribution in [0.15, 0.2) is 47.4 Å². The number of methoxy groups -OCH3 is 1. The molecule has 1 aliphatic carbocycles. The van der Waals surface area contributed by atoms with Crippen LogP contribution in [0.1, 0.15) is 51.5 Å². The van der Waals surface area contributed by atoms with Crippen molar-refractivity contribution in [1.82, 2.24) is 9.80 Å². The van der Waals surface area contributed by atoms with Gasteiger partial charge in [-0.05, 0) is 75.2 Å². The number of ether oxygens (including phenoxy) is 2. The minimum atomic E-state index is -3.86. The lowest BCUT2D eigenvalue weighted by Crippen LogP contribution is -2.48. The second kappa shape index (κ2) is 13.9. The number of hydrogen-bond acceptors (Lipinski definition) is 7. The van der Waals surface area contributed by atoms with E-state index in [1.807, 2.05) is 6.92 Å². The zero-order chi connectivity index (χ0) is 29.6. The summed E-state index contributed by atoms with van der Waals surface area (Å²) in [5.41, 5.74) is 0.949. The number of sulfonamides is 1. The van der Waals surface area contributed by atoms with Crippen molar-refractivity contribution in [3.63, 3.8) is 0 Å². The third-order valence-electron chi connectivity index (χ3n) is 8.32. The highest BCUT2D eigenvalue weighted by molar-refractivity contribution is 7.92. The van der Waals surface area contributed by atoms with E-state index in [0.717, 1.165) is 6.54 Å². The van der Waals surface area contributed by atoms with Crippen molar-refractivity contribution in [2.24, 2.45) is 11.8 Å². The molecule has 9 nitrogen and oxygen atoms in total. The summed E-state index contributed by atoms with van der Waals surface area (Å²) >= 11 is 0. The summed E-state index contributed by atoms with van der Waals surface area (Å²) in [6, 6.07) is 10.9. The Bertz CT molecular complexity index is 1260. The van der Waals surface area contributed by atoms with Crippen molar-refractivity contribution >= 4 is 21.6 Å². The van der Waals surface area contributed by atoms with Gasteiger partial charge in [-0.15, -0.1) is 0 Å². The van der Waals surface area contributed by atoms with Crippen molar-refractivity contribution in [2.75, 3.05) is 45.1 Å². The Balaban J connectivity index is 1.59. The lowest BCUT2D eigenvalue weighted by molar-refractivity contribution is -0.134. The fourth-order valence-electron chi connectivity index (χ4n) is 5.87. The van der Waals surface area contributed by atoms with Gasteiger partial charge in [0.15, 0.2) is 0 Å². The molecular weight excluding hydrogens is 542 g/mol. The molecule has 41 heavy (non-hydrogen) atoms. The van der Waals surface area contributed by atoms with E-state index in [1.165, 1.54) is 51.3 Å². The highest BCUT2D eigenvalue weighted by Gasteiger charge is 2.31. The predicted molar refractivity (Wildman–Crippen MR) is 160 cm³/mol. The summed E-state index contributed by atoms with van der Waals surface area (Å²) in [5.74, 6) is 1.72. The van der Waals surface area contributed by atoms with Crippen molar-refractivity contribution in [3.05, 3.63) is 48.0 Å². The van der Waals surface area contributed by atoms with Crippen LogP contribution in [-0.4, -0.2) is 81.8 Å². The number of anilines is 1. The zero-order valence-electron chi connectivity index (χ0n) is 24.7. The average Bonchev–Trinajstić information content (AvgIpc) is 3.00. The Morgan fingerprint density at radius 3 is 2.49 bits per heavy atom. The van der Waals surface area contributed by atoms with Gasteiger partial charge in [0.1, 0.15) is 17.6 Å². The molecule has 1 saturated carbocycles. The highest BCUT2D eigenvalue weighted by Crippen LogP contribution is 2.31. The highest BCUT2D eigenvalue weighted by atomic mass is 32.2. The first kappa shape index (κ1) is 31.1. The lowest BCUT2D eigenvalue weighted by atomic mass is 9.89. The van der Waals surface area contributed by atoms with Crippen molar-refractivity contribution in [3.8, 4) is 11.5 Å². The van der Waals surface area contributed by atoms with E-state index in [1.54, 1.807) is 35.2 Å². The molecule has 4 rings (SSSR count).